The molecular formula is C16H22O2. The van der Waals surface area contributed by atoms with E-state index in [1.54, 1.807) is 0 Å². The summed E-state index contributed by atoms with van der Waals surface area (Å²) in [6.07, 6.45) is 4.39. The predicted octanol–water partition coefficient (Wildman–Crippen LogP) is 3.49. The molecule has 0 unspecified atom stereocenters. The lowest BCUT2D eigenvalue weighted by Gasteiger charge is -2.22. The Balaban J connectivity index is 2.37. The third kappa shape index (κ3) is 2.74. The predicted molar refractivity (Wildman–Crippen MR) is 73.1 cm³/mol. The van der Waals surface area contributed by atoms with Crippen LogP contribution in [0.1, 0.15) is 55.9 Å². The van der Waals surface area contributed by atoms with Crippen LogP contribution in [-0.2, 0) is 29.5 Å². The Morgan fingerprint density at radius 2 is 2.00 bits per heavy atom. The van der Waals surface area contributed by atoms with Crippen LogP contribution in [0.15, 0.2) is 12.1 Å². The first-order valence-electron chi connectivity index (χ1n) is 6.75. The molecule has 0 spiro atoms. The highest BCUT2D eigenvalue weighted by atomic mass is 16.4. The van der Waals surface area contributed by atoms with Crippen LogP contribution < -0.4 is 0 Å². The molecule has 18 heavy (non-hydrogen) atoms. The number of hydrogen-bond acceptors (Lipinski definition) is 1. The monoisotopic (exact) mass is 246 g/mol. The molecule has 0 saturated heterocycles. The van der Waals surface area contributed by atoms with Crippen molar-refractivity contribution in [3.8, 4) is 0 Å². The lowest BCUT2D eigenvalue weighted by molar-refractivity contribution is -0.136. The maximum atomic E-state index is 10.8. The zero-order valence-corrected chi connectivity index (χ0v) is 11.5. The SMILES string of the molecule is CC(C)(C)c1cc2c(c(CCC(=O)O)c1)CCC2. The first kappa shape index (κ1) is 13.1. The first-order chi connectivity index (χ1) is 8.38. The van der Waals surface area contributed by atoms with Crippen molar-refractivity contribution in [2.75, 3.05) is 0 Å². The van der Waals surface area contributed by atoms with Gasteiger partial charge in [-0.3, -0.25) is 4.79 Å². The molecule has 0 bridgehead atoms. The molecule has 2 rings (SSSR count). The molecule has 0 aromatic heterocycles. The second-order valence-corrected chi connectivity index (χ2v) is 6.27. The molecule has 2 nitrogen and oxygen atoms in total. The first-order valence-corrected chi connectivity index (χ1v) is 6.75. The summed E-state index contributed by atoms with van der Waals surface area (Å²) >= 11 is 0. The topological polar surface area (TPSA) is 37.3 Å². The zero-order valence-electron chi connectivity index (χ0n) is 11.5. The summed E-state index contributed by atoms with van der Waals surface area (Å²) in [5.41, 5.74) is 5.60. The van der Waals surface area contributed by atoms with Crippen LogP contribution in [-0.4, -0.2) is 11.1 Å². The summed E-state index contributed by atoms with van der Waals surface area (Å²) in [6.45, 7) is 6.64. The van der Waals surface area contributed by atoms with E-state index in [0.29, 0.717) is 6.42 Å². The molecule has 0 aliphatic heterocycles. The summed E-state index contributed by atoms with van der Waals surface area (Å²) in [6, 6.07) is 4.56. The number of aryl methyl sites for hydroxylation is 2. The lowest BCUT2D eigenvalue weighted by Crippen LogP contribution is -2.13. The smallest absolute Gasteiger partial charge is 0.303 e. The molecule has 1 N–H and O–H groups in total. The summed E-state index contributed by atoms with van der Waals surface area (Å²) in [5, 5.41) is 8.85. The van der Waals surface area contributed by atoms with Crippen LogP contribution in [0.5, 0.6) is 0 Å². The molecule has 2 heteroatoms. The van der Waals surface area contributed by atoms with Gasteiger partial charge in [-0.2, -0.15) is 0 Å². The Hall–Kier alpha value is -1.31. The van der Waals surface area contributed by atoms with Gasteiger partial charge in [-0.05, 0) is 53.4 Å². The van der Waals surface area contributed by atoms with E-state index in [1.165, 1.54) is 28.7 Å². The fraction of sp³-hybridized carbons (Fsp3) is 0.562. The highest BCUT2D eigenvalue weighted by Crippen LogP contribution is 2.32. The van der Waals surface area contributed by atoms with Gasteiger partial charge in [-0.15, -0.1) is 0 Å². The molecule has 1 aromatic rings. The quantitative estimate of drug-likeness (QED) is 0.886. The van der Waals surface area contributed by atoms with Crippen molar-refractivity contribution in [1.82, 2.24) is 0 Å². The molecule has 0 atom stereocenters. The van der Waals surface area contributed by atoms with E-state index < -0.39 is 5.97 Å². The van der Waals surface area contributed by atoms with E-state index in [2.05, 4.69) is 32.9 Å². The van der Waals surface area contributed by atoms with E-state index in [4.69, 9.17) is 5.11 Å². The van der Waals surface area contributed by atoms with Gasteiger partial charge in [0.05, 0.1) is 0 Å². The minimum Gasteiger partial charge on any atom is -0.481 e. The number of carboxylic acid groups (broad SMARTS) is 1. The van der Waals surface area contributed by atoms with Gasteiger partial charge < -0.3 is 5.11 Å². The summed E-state index contributed by atoms with van der Waals surface area (Å²) in [7, 11) is 0. The van der Waals surface area contributed by atoms with Gasteiger partial charge in [-0.25, -0.2) is 0 Å². The van der Waals surface area contributed by atoms with Gasteiger partial charge in [-0.1, -0.05) is 32.9 Å². The van der Waals surface area contributed by atoms with Gasteiger partial charge in [0.2, 0.25) is 0 Å². The molecule has 0 radical (unpaired) electrons. The number of rotatable bonds is 3. The average Bonchev–Trinajstić information content (AvgIpc) is 2.72. The van der Waals surface area contributed by atoms with Crippen LogP contribution in [0.25, 0.3) is 0 Å². The molecule has 0 heterocycles. The van der Waals surface area contributed by atoms with Crippen molar-refractivity contribution >= 4 is 5.97 Å². The summed E-state index contributed by atoms with van der Waals surface area (Å²) in [4.78, 5) is 10.8. The molecule has 1 aliphatic carbocycles. The van der Waals surface area contributed by atoms with Crippen LogP contribution in [0.4, 0.5) is 0 Å². The lowest BCUT2D eigenvalue weighted by atomic mass is 9.83. The molecule has 1 aromatic carbocycles. The number of hydrogen-bond donors (Lipinski definition) is 1. The normalized spacial score (nSPS) is 14.6. The standard InChI is InChI=1S/C16H22O2/c1-16(2,3)13-9-11-5-4-6-14(11)12(10-13)7-8-15(17)18/h9-10H,4-8H2,1-3H3,(H,17,18). The zero-order chi connectivity index (χ0) is 13.3. The molecule has 0 saturated carbocycles. The average molecular weight is 246 g/mol. The third-order valence-corrected chi connectivity index (χ3v) is 3.78. The minimum atomic E-state index is -0.706. The number of fused-ring (bicyclic) bond motifs is 1. The van der Waals surface area contributed by atoms with Crippen LogP contribution in [0.2, 0.25) is 0 Å². The Labute approximate surface area is 109 Å². The van der Waals surface area contributed by atoms with Crippen molar-refractivity contribution in [1.29, 1.82) is 0 Å². The van der Waals surface area contributed by atoms with E-state index in [9.17, 15) is 4.79 Å². The highest BCUT2D eigenvalue weighted by molar-refractivity contribution is 5.67. The second kappa shape index (κ2) is 4.75. The Kier molecular flexibility index (Phi) is 3.47. The third-order valence-electron chi connectivity index (χ3n) is 3.78. The number of carbonyl (C=O) groups is 1. The molecule has 98 valence electrons. The maximum absolute atomic E-state index is 10.8. The largest absolute Gasteiger partial charge is 0.481 e. The maximum Gasteiger partial charge on any atom is 0.303 e. The van der Waals surface area contributed by atoms with Gasteiger partial charge in [0.15, 0.2) is 0 Å². The van der Waals surface area contributed by atoms with E-state index in [-0.39, 0.29) is 11.8 Å². The Morgan fingerprint density at radius 1 is 1.28 bits per heavy atom. The number of carboxylic acids is 1. The summed E-state index contributed by atoms with van der Waals surface area (Å²) < 4.78 is 0. The molecular weight excluding hydrogens is 224 g/mol. The van der Waals surface area contributed by atoms with Crippen molar-refractivity contribution in [2.45, 2.75) is 58.3 Å². The van der Waals surface area contributed by atoms with Gasteiger partial charge in [0.25, 0.3) is 0 Å². The minimum absolute atomic E-state index is 0.135. The van der Waals surface area contributed by atoms with Crippen LogP contribution in [0.3, 0.4) is 0 Å². The number of aliphatic carboxylic acids is 1. The fourth-order valence-electron chi connectivity index (χ4n) is 2.69. The summed E-state index contributed by atoms with van der Waals surface area (Å²) in [5.74, 6) is -0.706. The highest BCUT2D eigenvalue weighted by Gasteiger charge is 2.21. The van der Waals surface area contributed by atoms with E-state index in [0.717, 1.165) is 12.8 Å². The molecule has 0 fully saturated rings. The Morgan fingerprint density at radius 3 is 2.61 bits per heavy atom. The van der Waals surface area contributed by atoms with E-state index >= 15 is 0 Å². The van der Waals surface area contributed by atoms with Crippen molar-refractivity contribution in [2.24, 2.45) is 0 Å². The van der Waals surface area contributed by atoms with Crippen LogP contribution >= 0.6 is 0 Å². The van der Waals surface area contributed by atoms with Gasteiger partial charge in [0, 0.05) is 6.42 Å². The van der Waals surface area contributed by atoms with Gasteiger partial charge >= 0.3 is 5.97 Å². The van der Waals surface area contributed by atoms with Gasteiger partial charge in [0.1, 0.15) is 0 Å². The fourth-order valence-corrected chi connectivity index (χ4v) is 2.69. The second-order valence-electron chi connectivity index (χ2n) is 6.27. The van der Waals surface area contributed by atoms with E-state index in [1.807, 2.05) is 0 Å². The van der Waals surface area contributed by atoms with Crippen molar-refractivity contribution in [3.05, 3.63) is 34.4 Å². The van der Waals surface area contributed by atoms with Crippen LogP contribution in [0, 0.1) is 0 Å². The van der Waals surface area contributed by atoms with Crippen molar-refractivity contribution < 1.29 is 9.90 Å². The molecule has 0 amide bonds. The molecule has 1 aliphatic rings. The number of benzene rings is 1. The Bertz CT molecular complexity index is 467. The van der Waals surface area contributed by atoms with Crippen molar-refractivity contribution in [3.63, 3.8) is 0 Å².